The highest BCUT2D eigenvalue weighted by molar-refractivity contribution is 6.09. The fourth-order valence-corrected chi connectivity index (χ4v) is 5.58. The quantitative estimate of drug-likeness (QED) is 0.237. The second-order valence-corrected chi connectivity index (χ2v) is 9.81. The van der Waals surface area contributed by atoms with Gasteiger partial charge in [0.05, 0.1) is 34.1 Å². The van der Waals surface area contributed by atoms with E-state index in [0.29, 0.717) is 11.5 Å². The van der Waals surface area contributed by atoms with Crippen LogP contribution in [0.2, 0.25) is 0 Å². The fourth-order valence-electron chi connectivity index (χ4n) is 5.58. The average molecular weight is 513 g/mol. The zero-order chi connectivity index (χ0) is 26.6. The van der Waals surface area contributed by atoms with Gasteiger partial charge in [-0.05, 0) is 54.6 Å². The molecule has 3 aromatic heterocycles. The molecule has 0 radical (unpaired) electrons. The highest BCUT2D eigenvalue weighted by Crippen LogP contribution is 2.35. The van der Waals surface area contributed by atoms with Crippen molar-refractivity contribution in [1.82, 2.24) is 14.5 Å². The fraction of sp³-hybridized carbons (Fsp3) is 0. The number of aromatic nitrogens is 3. The molecule has 5 aromatic carbocycles. The SMILES string of the molecule is N#Cc1ccc2oc3ccc(-c4cc(-c5ccccc5)nc(-n5c6ccccc6c6ccccc65)n4)cc3c2c1. The molecule has 0 unspecified atom stereocenters. The molecular formula is C35H20N4O. The van der Waals surface area contributed by atoms with Gasteiger partial charge >= 0.3 is 0 Å². The van der Waals surface area contributed by atoms with Crippen LogP contribution in [0.3, 0.4) is 0 Å². The Morgan fingerprint density at radius 3 is 1.85 bits per heavy atom. The lowest BCUT2D eigenvalue weighted by Gasteiger charge is -2.12. The van der Waals surface area contributed by atoms with E-state index in [9.17, 15) is 5.26 Å². The third-order valence-corrected chi connectivity index (χ3v) is 7.46. The number of fused-ring (bicyclic) bond motifs is 6. The van der Waals surface area contributed by atoms with E-state index in [1.54, 1.807) is 6.07 Å². The lowest BCUT2D eigenvalue weighted by atomic mass is 10.0. The summed E-state index contributed by atoms with van der Waals surface area (Å²) in [6.07, 6.45) is 0. The number of hydrogen-bond donors (Lipinski definition) is 0. The summed E-state index contributed by atoms with van der Waals surface area (Å²) in [6, 6.07) is 42.8. The van der Waals surface area contributed by atoms with E-state index in [-0.39, 0.29) is 0 Å². The number of nitriles is 1. The molecule has 0 atom stereocenters. The Morgan fingerprint density at radius 1 is 0.550 bits per heavy atom. The summed E-state index contributed by atoms with van der Waals surface area (Å²) < 4.78 is 8.21. The van der Waals surface area contributed by atoms with Gasteiger partial charge in [-0.3, -0.25) is 4.57 Å². The first-order valence-electron chi connectivity index (χ1n) is 13.1. The molecule has 0 saturated carbocycles. The third kappa shape index (κ3) is 3.40. The number of rotatable bonds is 3. The first kappa shape index (κ1) is 22.3. The van der Waals surface area contributed by atoms with Gasteiger partial charge in [0.25, 0.3) is 0 Å². The second-order valence-electron chi connectivity index (χ2n) is 9.81. The van der Waals surface area contributed by atoms with Crippen LogP contribution in [-0.2, 0) is 0 Å². The molecule has 0 aliphatic rings. The van der Waals surface area contributed by atoms with Gasteiger partial charge in [-0.25, -0.2) is 9.97 Å². The molecule has 0 bridgehead atoms. The zero-order valence-electron chi connectivity index (χ0n) is 21.2. The maximum atomic E-state index is 9.45. The molecule has 3 heterocycles. The van der Waals surface area contributed by atoms with Crippen LogP contribution in [0.25, 0.3) is 72.2 Å². The number of benzene rings is 5. The van der Waals surface area contributed by atoms with Crippen LogP contribution < -0.4 is 0 Å². The van der Waals surface area contributed by atoms with Crippen LogP contribution in [0.5, 0.6) is 0 Å². The van der Waals surface area contributed by atoms with Crippen LogP contribution in [0.4, 0.5) is 0 Å². The van der Waals surface area contributed by atoms with Gasteiger partial charge in [-0.2, -0.15) is 5.26 Å². The van der Waals surface area contributed by atoms with Crippen molar-refractivity contribution in [2.45, 2.75) is 0 Å². The summed E-state index contributed by atoms with van der Waals surface area (Å²) in [5.74, 6) is 0.609. The molecule has 0 amide bonds. The molecule has 8 rings (SSSR count). The van der Waals surface area contributed by atoms with Gasteiger partial charge in [-0.15, -0.1) is 0 Å². The molecule has 0 aliphatic carbocycles. The van der Waals surface area contributed by atoms with Crippen LogP contribution in [0.1, 0.15) is 5.56 Å². The van der Waals surface area contributed by atoms with Crippen LogP contribution in [-0.4, -0.2) is 14.5 Å². The third-order valence-electron chi connectivity index (χ3n) is 7.46. The van der Waals surface area contributed by atoms with Crippen molar-refractivity contribution in [3.8, 4) is 34.5 Å². The number of nitrogens with zero attached hydrogens (tertiary/aromatic N) is 4. The van der Waals surface area contributed by atoms with E-state index in [4.69, 9.17) is 14.4 Å². The minimum Gasteiger partial charge on any atom is -0.456 e. The smallest absolute Gasteiger partial charge is 0.235 e. The van der Waals surface area contributed by atoms with Gasteiger partial charge in [0.2, 0.25) is 5.95 Å². The normalized spacial score (nSPS) is 11.5. The van der Waals surface area contributed by atoms with Crippen LogP contribution >= 0.6 is 0 Å². The van der Waals surface area contributed by atoms with Gasteiger partial charge in [0, 0.05) is 32.7 Å². The molecule has 0 spiro atoms. The Bertz CT molecular complexity index is 2230. The van der Waals surface area contributed by atoms with Crippen molar-refractivity contribution in [2.75, 3.05) is 0 Å². The topological polar surface area (TPSA) is 67.6 Å². The van der Waals surface area contributed by atoms with Crippen molar-refractivity contribution >= 4 is 43.7 Å². The zero-order valence-corrected chi connectivity index (χ0v) is 21.2. The summed E-state index contributed by atoms with van der Waals surface area (Å²) in [5.41, 5.74) is 7.84. The predicted molar refractivity (Wildman–Crippen MR) is 159 cm³/mol. The molecule has 0 fully saturated rings. The lowest BCUT2D eigenvalue weighted by Crippen LogP contribution is -2.03. The van der Waals surface area contributed by atoms with E-state index >= 15 is 0 Å². The molecule has 5 heteroatoms. The molecule has 0 N–H and O–H groups in total. The van der Waals surface area contributed by atoms with Gasteiger partial charge in [0.1, 0.15) is 11.2 Å². The highest BCUT2D eigenvalue weighted by atomic mass is 16.3. The van der Waals surface area contributed by atoms with Crippen molar-refractivity contribution in [3.63, 3.8) is 0 Å². The molecule has 0 saturated heterocycles. The maximum Gasteiger partial charge on any atom is 0.235 e. The van der Waals surface area contributed by atoms with Crippen molar-refractivity contribution < 1.29 is 4.42 Å². The Labute approximate surface area is 229 Å². The molecular weight excluding hydrogens is 492 g/mol. The van der Waals surface area contributed by atoms with E-state index < -0.39 is 0 Å². The molecule has 186 valence electrons. The van der Waals surface area contributed by atoms with E-state index in [1.807, 2.05) is 60.7 Å². The Balaban J connectivity index is 1.42. The van der Waals surface area contributed by atoms with Crippen molar-refractivity contribution in [3.05, 3.63) is 127 Å². The monoisotopic (exact) mass is 512 g/mol. The van der Waals surface area contributed by atoms with Crippen molar-refractivity contribution in [1.29, 1.82) is 5.26 Å². The Morgan fingerprint density at radius 2 is 1.15 bits per heavy atom. The maximum absolute atomic E-state index is 9.45. The molecule has 0 aliphatic heterocycles. The van der Waals surface area contributed by atoms with E-state index in [0.717, 1.165) is 66.3 Å². The van der Waals surface area contributed by atoms with E-state index in [1.165, 1.54) is 0 Å². The van der Waals surface area contributed by atoms with Crippen LogP contribution in [0, 0.1) is 11.3 Å². The first-order chi connectivity index (χ1) is 19.8. The van der Waals surface area contributed by atoms with Crippen molar-refractivity contribution in [2.24, 2.45) is 0 Å². The summed E-state index contributed by atoms with van der Waals surface area (Å²) in [7, 11) is 0. The van der Waals surface area contributed by atoms with Crippen LogP contribution in [0.15, 0.2) is 126 Å². The number of furan rings is 1. The second kappa shape index (κ2) is 8.65. The summed E-state index contributed by atoms with van der Waals surface area (Å²) in [4.78, 5) is 10.2. The predicted octanol–water partition coefficient (Wildman–Crippen LogP) is 8.68. The minimum absolute atomic E-state index is 0.600. The number of hydrogen-bond acceptors (Lipinski definition) is 4. The highest BCUT2D eigenvalue weighted by Gasteiger charge is 2.17. The molecule has 5 nitrogen and oxygen atoms in total. The average Bonchev–Trinajstić information content (AvgIpc) is 3.56. The Kier molecular flexibility index (Phi) is 4.82. The summed E-state index contributed by atoms with van der Waals surface area (Å²) >= 11 is 0. The minimum atomic E-state index is 0.600. The lowest BCUT2D eigenvalue weighted by molar-refractivity contribution is 0.669. The largest absolute Gasteiger partial charge is 0.456 e. The van der Waals surface area contributed by atoms with E-state index in [2.05, 4.69) is 65.2 Å². The van der Waals surface area contributed by atoms with Gasteiger partial charge < -0.3 is 4.42 Å². The summed E-state index contributed by atoms with van der Waals surface area (Å²) in [6.45, 7) is 0. The standard InChI is InChI=1S/C35H20N4O/c36-21-22-14-16-33-27(18-22)28-19-24(15-17-34(28)40-33)30-20-29(23-8-2-1-3-9-23)37-35(38-30)39-31-12-6-4-10-25(31)26-11-5-7-13-32(26)39/h1-20H. The first-order valence-corrected chi connectivity index (χ1v) is 13.1. The Hall–Kier alpha value is -5.73. The van der Waals surface area contributed by atoms with Gasteiger partial charge in [-0.1, -0.05) is 66.7 Å². The van der Waals surface area contributed by atoms with Gasteiger partial charge in [0.15, 0.2) is 0 Å². The molecule has 40 heavy (non-hydrogen) atoms. The molecule has 8 aromatic rings. The number of para-hydroxylation sites is 2. The summed E-state index contributed by atoms with van der Waals surface area (Å²) in [5, 5.41) is 13.6.